The molecule has 1 spiro atoms. The number of cyclic esters (lactones) is 1. The second-order valence-corrected chi connectivity index (χ2v) is 10.6. The number of likely N-dealkylation sites (tertiary alicyclic amines) is 1. The van der Waals surface area contributed by atoms with Crippen LogP contribution in [0.3, 0.4) is 0 Å². The highest BCUT2D eigenvalue weighted by Gasteiger charge is 2.76. The van der Waals surface area contributed by atoms with Crippen LogP contribution in [-0.2, 0) is 30.4 Å². The molecule has 2 fully saturated rings. The van der Waals surface area contributed by atoms with Crippen molar-refractivity contribution in [3.05, 3.63) is 60.2 Å². The van der Waals surface area contributed by atoms with E-state index in [1.54, 1.807) is 11.0 Å². The van der Waals surface area contributed by atoms with E-state index in [1.807, 2.05) is 69.3 Å². The van der Waals surface area contributed by atoms with E-state index < -0.39 is 41.1 Å². The first kappa shape index (κ1) is 25.7. The van der Waals surface area contributed by atoms with Gasteiger partial charge in [0.1, 0.15) is 29.8 Å². The largest absolute Gasteiger partial charge is 0.461 e. The van der Waals surface area contributed by atoms with Gasteiger partial charge in [-0.05, 0) is 24.0 Å². The molecule has 0 saturated carbocycles. The predicted octanol–water partition coefficient (Wildman–Crippen LogP) is 2.47. The van der Waals surface area contributed by atoms with Gasteiger partial charge in [-0.1, -0.05) is 75.8 Å². The van der Waals surface area contributed by atoms with Gasteiger partial charge in [-0.3, -0.25) is 14.4 Å². The quantitative estimate of drug-likeness (QED) is 0.449. The van der Waals surface area contributed by atoms with E-state index >= 15 is 0 Å². The number of aliphatic hydroxyl groups is 1. The normalized spacial score (nSPS) is 34.4. The molecule has 7 atom stereocenters. The minimum Gasteiger partial charge on any atom is -0.461 e. The van der Waals surface area contributed by atoms with Crippen molar-refractivity contribution in [1.29, 1.82) is 0 Å². The number of nitrogens with zero attached hydrogens (tertiary/aromatic N) is 2. The zero-order valence-corrected chi connectivity index (χ0v) is 21.7. The third-order valence-corrected chi connectivity index (χ3v) is 8.78. The van der Waals surface area contributed by atoms with E-state index in [0.29, 0.717) is 25.9 Å². The van der Waals surface area contributed by atoms with Crippen LogP contribution >= 0.6 is 0 Å². The van der Waals surface area contributed by atoms with Crippen molar-refractivity contribution in [1.82, 2.24) is 9.80 Å². The SMILES string of the molecule is CC[C@H](C)[C@H](CO)N1C(=O)[C@@H]2[C@H]3C(=O)OCC=C[C@@]3(CC)O[C@@]23C=CCN(Cc2ccccc2)C(=O)C13. The Morgan fingerprint density at radius 3 is 2.49 bits per heavy atom. The van der Waals surface area contributed by atoms with E-state index in [0.717, 1.165) is 5.56 Å². The Morgan fingerprint density at radius 2 is 1.81 bits per heavy atom. The molecular weight excluding hydrogens is 472 g/mol. The Kier molecular flexibility index (Phi) is 6.75. The number of hydrogen-bond acceptors (Lipinski definition) is 6. The summed E-state index contributed by atoms with van der Waals surface area (Å²) in [6.45, 7) is 6.43. The minimum atomic E-state index is -1.35. The van der Waals surface area contributed by atoms with Crippen LogP contribution in [0.2, 0.25) is 0 Å². The highest BCUT2D eigenvalue weighted by Crippen LogP contribution is 2.59. The molecule has 198 valence electrons. The summed E-state index contributed by atoms with van der Waals surface area (Å²) in [5.41, 5.74) is -1.42. The maximum Gasteiger partial charge on any atom is 0.313 e. The molecule has 37 heavy (non-hydrogen) atoms. The number of ether oxygens (including phenoxy) is 2. The van der Waals surface area contributed by atoms with Gasteiger partial charge in [-0.2, -0.15) is 0 Å². The van der Waals surface area contributed by atoms with Crippen LogP contribution in [0.1, 0.15) is 39.2 Å². The zero-order chi connectivity index (χ0) is 26.4. The summed E-state index contributed by atoms with van der Waals surface area (Å²) in [5, 5.41) is 10.5. The molecule has 5 rings (SSSR count). The van der Waals surface area contributed by atoms with E-state index in [-0.39, 0.29) is 30.9 Å². The van der Waals surface area contributed by atoms with Crippen LogP contribution < -0.4 is 0 Å². The number of aliphatic hydroxyl groups excluding tert-OH is 1. The number of carbonyl (C=O) groups excluding carboxylic acids is 3. The molecular formula is C29H36N2O6. The maximum atomic E-state index is 14.4. The molecule has 1 N–H and O–H groups in total. The van der Waals surface area contributed by atoms with Gasteiger partial charge in [-0.25, -0.2) is 0 Å². The predicted molar refractivity (Wildman–Crippen MR) is 136 cm³/mol. The number of hydrogen-bond donors (Lipinski definition) is 1. The van der Waals surface area contributed by atoms with Gasteiger partial charge in [0.05, 0.1) is 18.6 Å². The lowest BCUT2D eigenvalue weighted by Gasteiger charge is -2.42. The molecule has 2 saturated heterocycles. The van der Waals surface area contributed by atoms with Gasteiger partial charge in [-0.15, -0.1) is 0 Å². The number of rotatable bonds is 7. The third kappa shape index (κ3) is 3.84. The van der Waals surface area contributed by atoms with Crippen molar-refractivity contribution in [2.45, 2.75) is 63.4 Å². The topological polar surface area (TPSA) is 96.4 Å². The number of amides is 2. The number of carbonyl (C=O) groups is 3. The van der Waals surface area contributed by atoms with Crippen LogP contribution in [0.4, 0.5) is 0 Å². The van der Waals surface area contributed by atoms with Crippen LogP contribution in [0.15, 0.2) is 54.6 Å². The molecule has 8 heteroatoms. The second-order valence-electron chi connectivity index (χ2n) is 10.6. The summed E-state index contributed by atoms with van der Waals surface area (Å²) in [4.78, 5) is 45.4. The molecule has 0 aromatic heterocycles. The Balaban J connectivity index is 1.65. The van der Waals surface area contributed by atoms with Crippen LogP contribution in [0, 0.1) is 17.8 Å². The van der Waals surface area contributed by atoms with Crippen molar-refractivity contribution in [3.63, 3.8) is 0 Å². The zero-order valence-electron chi connectivity index (χ0n) is 21.7. The van der Waals surface area contributed by atoms with Crippen molar-refractivity contribution >= 4 is 17.8 Å². The summed E-state index contributed by atoms with van der Waals surface area (Å²) in [6.07, 6.45) is 8.48. The van der Waals surface area contributed by atoms with E-state index in [4.69, 9.17) is 9.47 Å². The van der Waals surface area contributed by atoms with Crippen LogP contribution in [0.5, 0.6) is 0 Å². The molecule has 0 radical (unpaired) electrons. The Hall–Kier alpha value is -2.97. The lowest BCUT2D eigenvalue weighted by molar-refractivity contribution is -0.162. The fraction of sp³-hybridized carbons (Fsp3) is 0.552. The van der Waals surface area contributed by atoms with Crippen LogP contribution in [0.25, 0.3) is 0 Å². The smallest absolute Gasteiger partial charge is 0.313 e. The van der Waals surface area contributed by atoms with E-state index in [2.05, 4.69) is 0 Å². The monoisotopic (exact) mass is 508 g/mol. The highest BCUT2D eigenvalue weighted by molar-refractivity contribution is 5.99. The Labute approximate surface area is 217 Å². The maximum absolute atomic E-state index is 14.4. The van der Waals surface area contributed by atoms with Gasteiger partial charge in [0.25, 0.3) is 0 Å². The van der Waals surface area contributed by atoms with Crippen molar-refractivity contribution in [3.8, 4) is 0 Å². The van der Waals surface area contributed by atoms with Gasteiger partial charge in [0.15, 0.2) is 0 Å². The van der Waals surface area contributed by atoms with Crippen molar-refractivity contribution in [2.75, 3.05) is 19.8 Å². The van der Waals surface area contributed by atoms with Crippen molar-refractivity contribution in [2.24, 2.45) is 17.8 Å². The summed E-state index contributed by atoms with van der Waals surface area (Å²) in [7, 11) is 0. The highest BCUT2D eigenvalue weighted by atomic mass is 16.6. The molecule has 8 nitrogen and oxygen atoms in total. The lowest BCUT2D eigenvalue weighted by Crippen LogP contribution is -2.59. The van der Waals surface area contributed by atoms with Crippen LogP contribution in [-0.4, -0.2) is 75.7 Å². The molecule has 1 aromatic carbocycles. The minimum absolute atomic E-state index is 0.0654. The molecule has 0 bridgehead atoms. The molecule has 4 aliphatic heterocycles. The summed E-state index contributed by atoms with van der Waals surface area (Å²) in [5.74, 6) is -2.95. The van der Waals surface area contributed by atoms with E-state index in [1.165, 1.54) is 4.90 Å². The standard InChI is InChI=1S/C29H36N2O6/c1-4-19(3)21(18-32)31-24-26(34)30(17-20-11-7-6-8-12-20)15-9-14-29(24)22(25(31)33)23-27(35)36-16-10-13-28(23,5-2)37-29/h6-14,19,21-24,32H,4-5,15-18H2,1-3H3/t19-,21-,22-,23-,24?,28+,29-/m0/s1. The fourth-order valence-corrected chi connectivity index (χ4v) is 6.70. The molecule has 1 aromatic rings. The lowest BCUT2D eigenvalue weighted by atomic mass is 9.73. The number of benzene rings is 1. The fourth-order valence-electron chi connectivity index (χ4n) is 6.70. The molecule has 1 unspecified atom stereocenters. The first-order valence-corrected chi connectivity index (χ1v) is 13.3. The average Bonchev–Trinajstić information content (AvgIpc) is 3.19. The summed E-state index contributed by atoms with van der Waals surface area (Å²) < 4.78 is 12.3. The first-order valence-electron chi connectivity index (χ1n) is 13.3. The third-order valence-electron chi connectivity index (χ3n) is 8.78. The van der Waals surface area contributed by atoms with Gasteiger partial charge < -0.3 is 24.4 Å². The van der Waals surface area contributed by atoms with Crippen molar-refractivity contribution < 1.29 is 29.0 Å². The number of esters is 1. The number of fused-ring (bicyclic) bond motifs is 2. The van der Waals surface area contributed by atoms with Gasteiger partial charge >= 0.3 is 5.97 Å². The molecule has 4 aliphatic rings. The first-order chi connectivity index (χ1) is 17.8. The Bertz CT molecular complexity index is 1120. The average molecular weight is 509 g/mol. The van der Waals surface area contributed by atoms with Gasteiger partial charge in [0, 0.05) is 13.1 Å². The molecule has 0 aliphatic carbocycles. The molecule has 2 amide bonds. The summed E-state index contributed by atoms with van der Waals surface area (Å²) >= 11 is 0. The molecule has 4 heterocycles. The van der Waals surface area contributed by atoms with Gasteiger partial charge in [0.2, 0.25) is 11.8 Å². The summed E-state index contributed by atoms with van der Waals surface area (Å²) in [6, 6.07) is 8.12. The second kappa shape index (κ2) is 9.72. The Morgan fingerprint density at radius 1 is 1.05 bits per heavy atom. The van der Waals surface area contributed by atoms with E-state index in [9.17, 15) is 19.5 Å².